The Morgan fingerprint density at radius 2 is 2.20 bits per heavy atom. The van der Waals surface area contributed by atoms with Gasteiger partial charge in [0.2, 0.25) is 5.91 Å². The Kier molecular flexibility index (Phi) is 3.66. The number of carboxylic acid groups (broad SMARTS) is 1. The van der Waals surface area contributed by atoms with E-state index in [1.54, 1.807) is 0 Å². The van der Waals surface area contributed by atoms with Crippen molar-refractivity contribution in [3.63, 3.8) is 0 Å². The molecule has 1 N–H and O–H groups in total. The number of hydrogen-bond acceptors (Lipinski definition) is 2. The molecule has 1 fully saturated rings. The predicted octanol–water partition coefficient (Wildman–Crippen LogP) is 1.54. The fourth-order valence-corrected chi connectivity index (χ4v) is 1.77. The molecule has 1 saturated heterocycles. The molecule has 1 amide bonds. The maximum atomic E-state index is 11.6. The lowest BCUT2D eigenvalue weighted by atomic mass is 10.0. The zero-order chi connectivity index (χ0) is 11.4. The molecule has 1 aliphatic rings. The predicted molar refractivity (Wildman–Crippen MR) is 56.1 cm³/mol. The van der Waals surface area contributed by atoms with Gasteiger partial charge in [-0.3, -0.25) is 4.79 Å². The molecule has 1 atom stereocenters. The van der Waals surface area contributed by atoms with Crippen LogP contribution in [0.3, 0.4) is 0 Å². The van der Waals surface area contributed by atoms with Gasteiger partial charge in [-0.15, -0.1) is 0 Å². The maximum absolute atomic E-state index is 11.6. The van der Waals surface area contributed by atoms with Crippen LogP contribution in [0.25, 0.3) is 0 Å². The van der Waals surface area contributed by atoms with Crippen molar-refractivity contribution in [3.8, 4) is 0 Å². The average Bonchev–Trinajstić information content (AvgIpc) is 2.38. The molecule has 0 bridgehead atoms. The van der Waals surface area contributed by atoms with Crippen LogP contribution in [-0.2, 0) is 9.59 Å². The monoisotopic (exact) mass is 209 g/mol. The van der Waals surface area contributed by atoms with Crippen molar-refractivity contribution in [2.75, 3.05) is 0 Å². The second-order valence-corrected chi connectivity index (χ2v) is 3.58. The van der Waals surface area contributed by atoms with E-state index >= 15 is 0 Å². The Bertz CT molecular complexity index is 309. The van der Waals surface area contributed by atoms with Gasteiger partial charge >= 0.3 is 5.97 Å². The molecule has 0 aromatic carbocycles. The van der Waals surface area contributed by atoms with E-state index in [1.165, 1.54) is 11.1 Å². The van der Waals surface area contributed by atoms with Crippen molar-refractivity contribution >= 4 is 11.9 Å². The summed E-state index contributed by atoms with van der Waals surface area (Å²) in [5.41, 5.74) is 0.0603. The highest BCUT2D eigenvalue weighted by atomic mass is 16.4. The molecule has 1 unspecified atom stereocenters. The number of amides is 1. The third kappa shape index (κ3) is 2.46. The average molecular weight is 209 g/mol. The number of carbonyl (C=O) groups excluding carboxylic acids is 1. The summed E-state index contributed by atoms with van der Waals surface area (Å²) in [5.74, 6) is -1.13. The highest BCUT2D eigenvalue weighted by molar-refractivity contribution is 5.89. The summed E-state index contributed by atoms with van der Waals surface area (Å²) >= 11 is 0. The topological polar surface area (TPSA) is 57.6 Å². The van der Waals surface area contributed by atoms with Gasteiger partial charge in [-0.2, -0.15) is 0 Å². The van der Waals surface area contributed by atoms with Crippen molar-refractivity contribution in [3.05, 3.63) is 24.9 Å². The van der Waals surface area contributed by atoms with Crippen molar-refractivity contribution in [2.24, 2.45) is 0 Å². The molecular weight excluding hydrogens is 194 g/mol. The molecule has 0 aromatic heterocycles. The van der Waals surface area contributed by atoms with Gasteiger partial charge in [0.1, 0.15) is 0 Å². The quantitative estimate of drug-likeness (QED) is 0.717. The highest BCUT2D eigenvalue weighted by Crippen LogP contribution is 2.22. The van der Waals surface area contributed by atoms with Crippen LogP contribution >= 0.6 is 0 Å². The fraction of sp³-hybridized carbons (Fsp3) is 0.455. The van der Waals surface area contributed by atoms with Gasteiger partial charge in [0.15, 0.2) is 0 Å². The molecule has 1 heterocycles. The van der Waals surface area contributed by atoms with Crippen LogP contribution in [-0.4, -0.2) is 27.9 Å². The van der Waals surface area contributed by atoms with Crippen LogP contribution in [0.1, 0.15) is 25.7 Å². The minimum absolute atomic E-state index is 0.0603. The minimum atomic E-state index is -1.05. The number of nitrogens with zero attached hydrogens (tertiary/aromatic N) is 1. The Labute approximate surface area is 88.9 Å². The molecule has 0 radical (unpaired) electrons. The zero-order valence-corrected chi connectivity index (χ0v) is 8.61. The Morgan fingerprint density at radius 3 is 2.73 bits per heavy atom. The smallest absolute Gasteiger partial charge is 0.333 e. The lowest BCUT2D eigenvalue weighted by molar-refractivity contribution is -0.134. The second kappa shape index (κ2) is 4.77. The van der Waals surface area contributed by atoms with Gasteiger partial charge in [0, 0.05) is 12.6 Å². The highest BCUT2D eigenvalue weighted by Gasteiger charge is 2.28. The van der Waals surface area contributed by atoms with E-state index < -0.39 is 12.0 Å². The van der Waals surface area contributed by atoms with E-state index in [9.17, 15) is 9.59 Å². The van der Waals surface area contributed by atoms with Crippen molar-refractivity contribution in [2.45, 2.75) is 31.7 Å². The SMILES string of the molecule is C=CN1C(=O)CCCCC1C(=C)C(=O)O. The van der Waals surface area contributed by atoms with E-state index in [-0.39, 0.29) is 11.5 Å². The van der Waals surface area contributed by atoms with E-state index in [1.807, 2.05) is 0 Å². The number of hydrogen-bond donors (Lipinski definition) is 1. The van der Waals surface area contributed by atoms with Crippen molar-refractivity contribution in [1.82, 2.24) is 4.90 Å². The molecule has 0 aliphatic carbocycles. The number of carboxylic acids is 1. The molecular formula is C11H15NO3. The van der Waals surface area contributed by atoms with Gasteiger partial charge in [0.25, 0.3) is 0 Å². The van der Waals surface area contributed by atoms with Gasteiger partial charge < -0.3 is 10.0 Å². The summed E-state index contributed by atoms with van der Waals surface area (Å²) in [6, 6.07) is -0.435. The minimum Gasteiger partial charge on any atom is -0.478 e. The molecule has 15 heavy (non-hydrogen) atoms. The molecule has 1 rings (SSSR count). The molecule has 0 saturated carbocycles. The number of likely N-dealkylation sites (tertiary alicyclic amines) is 1. The van der Waals surface area contributed by atoms with Gasteiger partial charge in [-0.1, -0.05) is 19.6 Å². The summed E-state index contributed by atoms with van der Waals surface area (Å²) in [4.78, 5) is 23.8. The number of aliphatic carboxylic acids is 1. The summed E-state index contributed by atoms with van der Waals surface area (Å²) in [5, 5.41) is 8.85. The Balaban J connectivity index is 2.91. The van der Waals surface area contributed by atoms with Crippen molar-refractivity contribution in [1.29, 1.82) is 0 Å². The van der Waals surface area contributed by atoms with Gasteiger partial charge in [-0.05, 0) is 12.8 Å². The summed E-state index contributed by atoms with van der Waals surface area (Å²) in [7, 11) is 0. The Hall–Kier alpha value is -1.58. The third-order valence-corrected chi connectivity index (χ3v) is 2.62. The summed E-state index contributed by atoms with van der Waals surface area (Å²) in [6.45, 7) is 7.05. The zero-order valence-electron chi connectivity index (χ0n) is 8.61. The summed E-state index contributed by atoms with van der Waals surface area (Å²) < 4.78 is 0. The van der Waals surface area contributed by atoms with E-state index in [4.69, 9.17) is 5.11 Å². The fourth-order valence-electron chi connectivity index (χ4n) is 1.77. The van der Waals surface area contributed by atoms with Crippen molar-refractivity contribution < 1.29 is 14.7 Å². The molecule has 0 spiro atoms. The largest absolute Gasteiger partial charge is 0.478 e. The van der Waals surface area contributed by atoms with E-state index in [0.29, 0.717) is 12.8 Å². The van der Waals surface area contributed by atoms with Gasteiger partial charge in [-0.25, -0.2) is 4.79 Å². The molecule has 82 valence electrons. The van der Waals surface area contributed by atoms with Crippen LogP contribution < -0.4 is 0 Å². The first-order chi connectivity index (χ1) is 7.07. The van der Waals surface area contributed by atoms with Crippen LogP contribution in [0.15, 0.2) is 24.9 Å². The third-order valence-electron chi connectivity index (χ3n) is 2.62. The van der Waals surface area contributed by atoms with Gasteiger partial charge in [0.05, 0.1) is 11.6 Å². The summed E-state index contributed by atoms with van der Waals surface area (Å²) in [6.07, 6.45) is 4.13. The van der Waals surface area contributed by atoms with Crippen LogP contribution in [0.5, 0.6) is 0 Å². The van der Waals surface area contributed by atoms with Crippen LogP contribution in [0.4, 0.5) is 0 Å². The molecule has 0 aromatic rings. The Morgan fingerprint density at radius 1 is 1.53 bits per heavy atom. The first-order valence-electron chi connectivity index (χ1n) is 4.93. The van der Waals surface area contributed by atoms with Crippen LogP contribution in [0.2, 0.25) is 0 Å². The number of rotatable bonds is 3. The van der Waals surface area contributed by atoms with Crippen LogP contribution in [0, 0.1) is 0 Å². The first kappa shape index (κ1) is 11.5. The lowest BCUT2D eigenvalue weighted by Crippen LogP contribution is -2.37. The standard InChI is InChI=1S/C11H15NO3/c1-3-12-9(8(2)11(14)15)6-4-5-7-10(12)13/h3,9H,1-2,4-7H2,(H,14,15). The van der Waals surface area contributed by atoms with E-state index in [2.05, 4.69) is 13.2 Å². The van der Waals surface area contributed by atoms with E-state index in [0.717, 1.165) is 12.8 Å². The second-order valence-electron chi connectivity index (χ2n) is 3.58. The molecule has 4 nitrogen and oxygen atoms in total. The molecule has 1 aliphatic heterocycles. The number of carbonyl (C=O) groups is 2. The first-order valence-corrected chi connectivity index (χ1v) is 4.93. The molecule has 4 heteroatoms. The lowest BCUT2D eigenvalue weighted by Gasteiger charge is -2.26. The maximum Gasteiger partial charge on any atom is 0.333 e. The normalized spacial score (nSPS) is 22.0.